The predicted octanol–water partition coefficient (Wildman–Crippen LogP) is 2.86. The van der Waals surface area contributed by atoms with E-state index in [9.17, 15) is 18.8 Å². The Labute approximate surface area is 159 Å². The number of ether oxygens (including phenoxy) is 3. The molecule has 0 aliphatic carbocycles. The Bertz CT molecular complexity index is 858. The van der Waals surface area contributed by atoms with E-state index >= 15 is 0 Å². The molecule has 0 fully saturated rings. The molecule has 9 heteroatoms. The van der Waals surface area contributed by atoms with E-state index in [1.165, 1.54) is 31.4 Å². The third-order valence-corrected chi connectivity index (χ3v) is 3.55. The topological polar surface area (TPSA) is 90.9 Å². The van der Waals surface area contributed by atoms with Crippen molar-refractivity contribution in [3.05, 3.63) is 52.8 Å². The fourth-order valence-electron chi connectivity index (χ4n) is 1.98. The van der Waals surface area contributed by atoms with Crippen LogP contribution < -0.4 is 14.8 Å². The zero-order valence-electron chi connectivity index (χ0n) is 14.2. The minimum absolute atomic E-state index is 0.0175. The molecular formula is C18H15ClFNO6. The number of carbonyl (C=O) groups is 3. The highest BCUT2D eigenvalue weighted by Gasteiger charge is 2.12. The molecule has 1 N–H and O–H groups in total. The normalized spacial score (nSPS) is 10.0. The lowest BCUT2D eigenvalue weighted by atomic mass is 10.2. The monoisotopic (exact) mass is 395 g/mol. The minimum atomic E-state index is -0.795. The molecule has 2 aromatic rings. The second-order valence-electron chi connectivity index (χ2n) is 5.15. The van der Waals surface area contributed by atoms with Crippen LogP contribution in [0.3, 0.4) is 0 Å². The smallest absolute Gasteiger partial charge is 0.344 e. The van der Waals surface area contributed by atoms with Crippen LogP contribution in [-0.2, 0) is 14.3 Å². The average Bonchev–Trinajstić information content (AvgIpc) is 2.66. The number of nitrogens with one attached hydrogen (secondary N) is 1. The summed E-state index contributed by atoms with van der Waals surface area (Å²) in [7, 11) is 1.39. The Kier molecular flexibility index (Phi) is 7.13. The van der Waals surface area contributed by atoms with Gasteiger partial charge in [-0.1, -0.05) is 11.6 Å². The Balaban J connectivity index is 1.82. The van der Waals surface area contributed by atoms with E-state index in [-0.39, 0.29) is 22.2 Å². The van der Waals surface area contributed by atoms with Crippen molar-refractivity contribution in [1.82, 2.24) is 0 Å². The molecule has 0 aliphatic heterocycles. The lowest BCUT2D eigenvalue weighted by Crippen LogP contribution is -2.23. The molecule has 0 aromatic heterocycles. The van der Waals surface area contributed by atoms with Gasteiger partial charge in [0.25, 0.3) is 5.91 Å². The maximum atomic E-state index is 13.0. The molecule has 2 aromatic carbocycles. The summed E-state index contributed by atoms with van der Waals surface area (Å²) in [4.78, 5) is 34.2. The number of benzene rings is 2. The largest absolute Gasteiger partial charge is 0.493 e. The highest BCUT2D eigenvalue weighted by atomic mass is 35.5. The molecular weight excluding hydrogens is 381 g/mol. The van der Waals surface area contributed by atoms with Crippen molar-refractivity contribution in [2.24, 2.45) is 0 Å². The highest BCUT2D eigenvalue weighted by molar-refractivity contribution is 6.33. The van der Waals surface area contributed by atoms with Gasteiger partial charge in [0.2, 0.25) is 0 Å². The lowest BCUT2D eigenvalue weighted by Gasteiger charge is -2.11. The first kappa shape index (κ1) is 20.2. The molecule has 0 spiro atoms. The van der Waals surface area contributed by atoms with Crippen molar-refractivity contribution < 1.29 is 33.0 Å². The van der Waals surface area contributed by atoms with E-state index in [0.29, 0.717) is 11.8 Å². The summed E-state index contributed by atoms with van der Waals surface area (Å²) >= 11 is 5.79. The summed E-state index contributed by atoms with van der Waals surface area (Å²) in [6, 6.07) is 7.88. The summed E-state index contributed by atoms with van der Waals surface area (Å²) in [6.45, 7) is -1.04. The van der Waals surface area contributed by atoms with Crippen LogP contribution in [0.15, 0.2) is 36.4 Å². The van der Waals surface area contributed by atoms with Crippen LogP contribution in [0.25, 0.3) is 0 Å². The van der Waals surface area contributed by atoms with Crippen LogP contribution in [0.5, 0.6) is 11.5 Å². The summed E-state index contributed by atoms with van der Waals surface area (Å²) in [5.74, 6) is -1.47. The minimum Gasteiger partial charge on any atom is -0.493 e. The number of halogens is 2. The van der Waals surface area contributed by atoms with Gasteiger partial charge in [0.1, 0.15) is 12.1 Å². The summed E-state index contributed by atoms with van der Waals surface area (Å²) in [5.41, 5.74) is 0.577. The number of amides is 1. The van der Waals surface area contributed by atoms with E-state index < -0.39 is 30.9 Å². The Morgan fingerprint density at radius 2 is 1.93 bits per heavy atom. The predicted molar refractivity (Wildman–Crippen MR) is 94.9 cm³/mol. The van der Waals surface area contributed by atoms with Crippen molar-refractivity contribution in [3.63, 3.8) is 0 Å². The molecule has 0 saturated heterocycles. The van der Waals surface area contributed by atoms with Crippen LogP contribution >= 0.6 is 11.6 Å². The Hall–Kier alpha value is -3.13. The molecule has 1 amide bonds. The third kappa shape index (κ3) is 5.96. The molecule has 0 aliphatic rings. The second-order valence-corrected chi connectivity index (χ2v) is 5.56. The zero-order valence-corrected chi connectivity index (χ0v) is 14.9. The van der Waals surface area contributed by atoms with Gasteiger partial charge < -0.3 is 19.5 Å². The van der Waals surface area contributed by atoms with Crippen molar-refractivity contribution in [2.45, 2.75) is 0 Å². The van der Waals surface area contributed by atoms with Crippen molar-refractivity contribution >= 4 is 35.5 Å². The molecule has 0 saturated carbocycles. The number of esters is 1. The van der Waals surface area contributed by atoms with Gasteiger partial charge in [0.15, 0.2) is 24.7 Å². The number of hydrogen-bond donors (Lipinski definition) is 1. The summed E-state index contributed by atoms with van der Waals surface area (Å²) < 4.78 is 28.1. The molecule has 27 heavy (non-hydrogen) atoms. The molecule has 0 unspecified atom stereocenters. The fourth-order valence-corrected chi connectivity index (χ4v) is 2.19. The second kappa shape index (κ2) is 9.54. The molecule has 0 heterocycles. The standard InChI is InChI=1S/C18H15ClFNO6/c1-25-16-6-11(8-22)2-5-15(16)26-10-18(24)27-9-17(23)21-14-4-3-12(20)7-13(14)19/h2-8H,9-10H2,1H3,(H,21,23). The number of carbonyl (C=O) groups excluding carboxylic acids is 3. The van der Waals surface area contributed by atoms with Gasteiger partial charge in [-0.3, -0.25) is 9.59 Å². The van der Waals surface area contributed by atoms with E-state index in [2.05, 4.69) is 5.32 Å². The van der Waals surface area contributed by atoms with Gasteiger partial charge in [-0.05, 0) is 36.4 Å². The SMILES string of the molecule is COc1cc(C=O)ccc1OCC(=O)OCC(=O)Nc1ccc(F)cc1Cl. The molecule has 0 bridgehead atoms. The van der Waals surface area contributed by atoms with Gasteiger partial charge >= 0.3 is 5.97 Å². The van der Waals surface area contributed by atoms with Gasteiger partial charge in [-0.15, -0.1) is 0 Å². The first-order valence-corrected chi connectivity index (χ1v) is 7.97. The van der Waals surface area contributed by atoms with E-state index in [1.54, 1.807) is 0 Å². The third-order valence-electron chi connectivity index (χ3n) is 3.24. The van der Waals surface area contributed by atoms with Crippen LogP contribution in [0.1, 0.15) is 10.4 Å². The lowest BCUT2D eigenvalue weighted by molar-refractivity contribution is -0.149. The van der Waals surface area contributed by atoms with E-state index in [0.717, 1.165) is 12.1 Å². The first-order chi connectivity index (χ1) is 12.9. The molecule has 0 atom stereocenters. The van der Waals surface area contributed by atoms with Gasteiger partial charge in [-0.25, -0.2) is 9.18 Å². The van der Waals surface area contributed by atoms with Crippen molar-refractivity contribution in [3.8, 4) is 11.5 Å². The molecule has 2 rings (SSSR count). The number of hydrogen-bond acceptors (Lipinski definition) is 6. The van der Waals surface area contributed by atoms with Gasteiger partial charge in [0, 0.05) is 5.56 Å². The van der Waals surface area contributed by atoms with E-state index in [4.69, 9.17) is 25.8 Å². The van der Waals surface area contributed by atoms with E-state index in [1.807, 2.05) is 0 Å². The molecule has 0 radical (unpaired) electrons. The van der Waals surface area contributed by atoms with Crippen LogP contribution in [-0.4, -0.2) is 38.5 Å². The molecule has 142 valence electrons. The first-order valence-electron chi connectivity index (χ1n) is 7.59. The quantitative estimate of drug-likeness (QED) is 0.546. The van der Waals surface area contributed by atoms with Gasteiger partial charge in [-0.2, -0.15) is 0 Å². The van der Waals surface area contributed by atoms with Crippen LogP contribution in [0.4, 0.5) is 10.1 Å². The average molecular weight is 396 g/mol. The maximum absolute atomic E-state index is 13.0. The zero-order chi connectivity index (χ0) is 19.8. The number of anilines is 1. The summed E-state index contributed by atoms with van der Waals surface area (Å²) in [6.07, 6.45) is 0.645. The Morgan fingerprint density at radius 3 is 2.59 bits per heavy atom. The number of methoxy groups -OCH3 is 1. The summed E-state index contributed by atoms with van der Waals surface area (Å²) in [5, 5.41) is 2.41. The van der Waals surface area contributed by atoms with Gasteiger partial charge in [0.05, 0.1) is 17.8 Å². The number of rotatable bonds is 8. The maximum Gasteiger partial charge on any atom is 0.344 e. The van der Waals surface area contributed by atoms with Crippen molar-refractivity contribution in [1.29, 1.82) is 0 Å². The Morgan fingerprint density at radius 1 is 1.15 bits per heavy atom. The van der Waals surface area contributed by atoms with Crippen LogP contribution in [0.2, 0.25) is 5.02 Å². The van der Waals surface area contributed by atoms with Crippen molar-refractivity contribution in [2.75, 3.05) is 25.6 Å². The highest BCUT2D eigenvalue weighted by Crippen LogP contribution is 2.27. The number of aldehydes is 1. The molecule has 7 nitrogen and oxygen atoms in total. The van der Waals surface area contributed by atoms with Crippen LogP contribution in [0, 0.1) is 5.82 Å². The fraction of sp³-hybridized carbons (Fsp3) is 0.167.